The van der Waals surface area contributed by atoms with Crippen LogP contribution >= 0.6 is 0 Å². The van der Waals surface area contributed by atoms with Crippen molar-refractivity contribution in [1.29, 1.82) is 0 Å². The van der Waals surface area contributed by atoms with Crippen molar-refractivity contribution in [3.8, 4) is 0 Å². The van der Waals surface area contributed by atoms with Gasteiger partial charge in [-0.2, -0.15) is 0 Å². The minimum atomic E-state index is -0.239. The Balaban J connectivity index is 1.93. The topological polar surface area (TPSA) is 29.3 Å². The van der Waals surface area contributed by atoms with Crippen molar-refractivity contribution in [3.05, 3.63) is 35.6 Å². The van der Waals surface area contributed by atoms with Crippen molar-refractivity contribution < 1.29 is 4.39 Å². The van der Waals surface area contributed by atoms with Gasteiger partial charge >= 0.3 is 0 Å². The highest BCUT2D eigenvalue weighted by Crippen LogP contribution is 2.34. The molecule has 1 aliphatic rings. The molecule has 0 aromatic heterocycles. The third-order valence-electron chi connectivity index (χ3n) is 4.81. The highest BCUT2D eigenvalue weighted by atomic mass is 19.1. The summed E-state index contributed by atoms with van der Waals surface area (Å²) in [4.78, 5) is 2.41. The van der Waals surface area contributed by atoms with E-state index in [0.717, 1.165) is 25.6 Å². The van der Waals surface area contributed by atoms with Gasteiger partial charge in [-0.3, -0.25) is 0 Å². The average Bonchev–Trinajstić information content (AvgIpc) is 2.64. The van der Waals surface area contributed by atoms with Crippen LogP contribution in [-0.2, 0) is 0 Å². The third kappa shape index (κ3) is 4.52. The first-order valence-corrected chi connectivity index (χ1v) is 8.10. The van der Waals surface area contributed by atoms with E-state index in [4.69, 9.17) is 5.73 Å². The Morgan fingerprint density at radius 3 is 2.62 bits per heavy atom. The summed E-state index contributed by atoms with van der Waals surface area (Å²) in [6.07, 6.45) is 3.72. The van der Waals surface area contributed by atoms with Crippen LogP contribution in [-0.4, -0.2) is 24.5 Å². The second-order valence-corrected chi connectivity index (χ2v) is 7.42. The number of likely N-dealkylation sites (tertiary alicyclic amines) is 1. The number of hydrogen-bond donors (Lipinski definition) is 1. The zero-order chi connectivity index (χ0) is 15.5. The predicted molar refractivity (Wildman–Crippen MR) is 86.6 cm³/mol. The standard InChI is InChI=1S/C18H29FN2/c1-18(2,3)14-7-6-11-21(12-10-14)13-17(20)15-8-4-5-9-16(15)19/h4-5,8-9,14,17H,6-7,10-13,20H2,1-3H3. The zero-order valence-electron chi connectivity index (χ0n) is 13.6. The molecule has 2 rings (SSSR count). The summed E-state index contributed by atoms with van der Waals surface area (Å²) in [6, 6.07) is 6.63. The van der Waals surface area contributed by atoms with Crippen molar-refractivity contribution in [2.75, 3.05) is 19.6 Å². The first kappa shape index (κ1) is 16.4. The molecule has 2 unspecified atom stereocenters. The fraction of sp³-hybridized carbons (Fsp3) is 0.667. The molecule has 0 amide bonds. The second kappa shape index (κ2) is 6.89. The van der Waals surface area contributed by atoms with Crippen molar-refractivity contribution in [2.24, 2.45) is 17.1 Å². The van der Waals surface area contributed by atoms with E-state index in [2.05, 4.69) is 25.7 Å². The van der Waals surface area contributed by atoms with Gasteiger partial charge in [0, 0.05) is 18.2 Å². The molecule has 1 saturated heterocycles. The lowest BCUT2D eigenvalue weighted by Crippen LogP contribution is -2.33. The van der Waals surface area contributed by atoms with Gasteiger partial charge in [0.05, 0.1) is 0 Å². The maximum Gasteiger partial charge on any atom is 0.128 e. The van der Waals surface area contributed by atoms with E-state index < -0.39 is 0 Å². The Hall–Kier alpha value is -0.930. The maximum atomic E-state index is 13.8. The Bertz CT molecular complexity index is 453. The fourth-order valence-electron chi connectivity index (χ4n) is 3.36. The van der Waals surface area contributed by atoms with Gasteiger partial charge in [0.1, 0.15) is 5.82 Å². The molecule has 1 aromatic rings. The summed E-state index contributed by atoms with van der Waals surface area (Å²) >= 11 is 0. The van der Waals surface area contributed by atoms with E-state index in [-0.39, 0.29) is 11.9 Å². The first-order valence-electron chi connectivity index (χ1n) is 8.10. The van der Waals surface area contributed by atoms with Crippen LogP contribution in [0.5, 0.6) is 0 Å². The largest absolute Gasteiger partial charge is 0.323 e. The Morgan fingerprint density at radius 1 is 1.24 bits per heavy atom. The smallest absolute Gasteiger partial charge is 0.128 e. The summed E-state index contributed by atoms with van der Waals surface area (Å²) in [5.74, 6) is 0.583. The second-order valence-electron chi connectivity index (χ2n) is 7.42. The number of halogens is 1. The van der Waals surface area contributed by atoms with Crippen LogP contribution in [0.1, 0.15) is 51.6 Å². The molecule has 0 radical (unpaired) electrons. The van der Waals surface area contributed by atoms with E-state index in [1.54, 1.807) is 12.1 Å². The van der Waals surface area contributed by atoms with Crippen molar-refractivity contribution in [2.45, 2.75) is 46.1 Å². The summed E-state index contributed by atoms with van der Waals surface area (Å²) < 4.78 is 13.8. The van der Waals surface area contributed by atoms with Gasteiger partial charge in [0.25, 0.3) is 0 Å². The molecule has 2 atom stereocenters. The molecule has 2 nitrogen and oxygen atoms in total. The highest BCUT2D eigenvalue weighted by Gasteiger charge is 2.27. The summed E-state index contributed by atoms with van der Waals surface area (Å²) in [5, 5.41) is 0. The van der Waals surface area contributed by atoms with Crippen LogP contribution in [0.3, 0.4) is 0 Å². The van der Waals surface area contributed by atoms with E-state index >= 15 is 0 Å². The van der Waals surface area contributed by atoms with Gasteiger partial charge < -0.3 is 10.6 Å². The van der Waals surface area contributed by atoms with E-state index in [0.29, 0.717) is 11.0 Å². The van der Waals surface area contributed by atoms with Gasteiger partial charge in [-0.25, -0.2) is 4.39 Å². The minimum absolute atomic E-state index is 0.188. The van der Waals surface area contributed by atoms with Crippen molar-refractivity contribution in [1.82, 2.24) is 4.90 Å². The monoisotopic (exact) mass is 292 g/mol. The normalized spacial score (nSPS) is 22.8. The van der Waals surface area contributed by atoms with Gasteiger partial charge in [0.2, 0.25) is 0 Å². The van der Waals surface area contributed by atoms with Crippen LogP contribution in [0.25, 0.3) is 0 Å². The predicted octanol–water partition coefficient (Wildman–Crippen LogP) is 3.97. The quantitative estimate of drug-likeness (QED) is 0.913. The number of nitrogens with two attached hydrogens (primary N) is 1. The molecule has 1 fully saturated rings. The van der Waals surface area contributed by atoms with Gasteiger partial charge in [-0.05, 0) is 49.8 Å². The number of rotatable bonds is 3. The Kier molecular flexibility index (Phi) is 5.39. The van der Waals surface area contributed by atoms with E-state index in [1.165, 1.54) is 25.3 Å². The Labute approximate surface area is 128 Å². The van der Waals surface area contributed by atoms with Crippen LogP contribution < -0.4 is 5.73 Å². The van der Waals surface area contributed by atoms with Crippen molar-refractivity contribution in [3.63, 3.8) is 0 Å². The molecule has 1 heterocycles. The molecular formula is C18H29FN2. The number of benzene rings is 1. The lowest BCUT2D eigenvalue weighted by atomic mass is 9.77. The van der Waals surface area contributed by atoms with Crippen LogP contribution in [0.2, 0.25) is 0 Å². The molecule has 3 heteroatoms. The Morgan fingerprint density at radius 2 is 1.95 bits per heavy atom. The van der Waals surface area contributed by atoms with Crippen LogP contribution in [0.4, 0.5) is 4.39 Å². The number of hydrogen-bond acceptors (Lipinski definition) is 2. The highest BCUT2D eigenvalue weighted by molar-refractivity contribution is 5.21. The van der Waals surface area contributed by atoms with Gasteiger partial charge in [-0.1, -0.05) is 39.0 Å². The average molecular weight is 292 g/mol. The van der Waals surface area contributed by atoms with E-state index in [1.807, 2.05) is 6.07 Å². The SMILES string of the molecule is CC(C)(C)C1CCCN(CC(N)c2ccccc2F)CC1. The lowest BCUT2D eigenvalue weighted by Gasteiger charge is -2.30. The minimum Gasteiger partial charge on any atom is -0.323 e. The maximum absolute atomic E-state index is 13.8. The molecule has 0 bridgehead atoms. The van der Waals surface area contributed by atoms with Gasteiger partial charge in [0.15, 0.2) is 0 Å². The number of nitrogens with zero attached hydrogens (tertiary/aromatic N) is 1. The molecule has 21 heavy (non-hydrogen) atoms. The molecule has 0 saturated carbocycles. The molecular weight excluding hydrogens is 263 g/mol. The zero-order valence-corrected chi connectivity index (χ0v) is 13.6. The molecule has 1 aromatic carbocycles. The van der Waals surface area contributed by atoms with Crippen LogP contribution in [0.15, 0.2) is 24.3 Å². The summed E-state index contributed by atoms with van der Waals surface area (Å²) in [6.45, 7) is 9.89. The molecule has 0 aliphatic carbocycles. The van der Waals surface area contributed by atoms with E-state index in [9.17, 15) is 4.39 Å². The molecule has 118 valence electrons. The summed E-state index contributed by atoms with van der Waals surface area (Å²) in [5.41, 5.74) is 7.23. The fourth-order valence-corrected chi connectivity index (χ4v) is 3.36. The molecule has 0 spiro atoms. The third-order valence-corrected chi connectivity index (χ3v) is 4.81. The lowest BCUT2D eigenvalue weighted by molar-refractivity contribution is 0.205. The van der Waals surface area contributed by atoms with Crippen LogP contribution in [0, 0.1) is 17.2 Å². The summed E-state index contributed by atoms with van der Waals surface area (Å²) in [7, 11) is 0. The van der Waals surface area contributed by atoms with Gasteiger partial charge in [-0.15, -0.1) is 0 Å². The van der Waals surface area contributed by atoms with Crippen molar-refractivity contribution >= 4 is 0 Å². The molecule has 1 aliphatic heterocycles. The first-order chi connectivity index (χ1) is 9.88. The molecule has 2 N–H and O–H groups in total.